The molecule has 0 saturated carbocycles. The van der Waals surface area contributed by atoms with Crippen LogP contribution in [0.4, 0.5) is 11.5 Å². The molecule has 0 aliphatic rings. The summed E-state index contributed by atoms with van der Waals surface area (Å²) in [4.78, 5) is 14.9. The van der Waals surface area contributed by atoms with E-state index in [1.165, 1.54) is 6.07 Å². The summed E-state index contributed by atoms with van der Waals surface area (Å²) in [6, 6.07) is 10.3. The lowest BCUT2D eigenvalue weighted by Gasteiger charge is -2.10. The van der Waals surface area contributed by atoms with Gasteiger partial charge < -0.3 is 10.4 Å². The molecule has 0 fully saturated rings. The van der Waals surface area contributed by atoms with Gasteiger partial charge in [-0.25, -0.2) is 9.78 Å². The third-order valence-electron chi connectivity index (χ3n) is 2.68. The number of carboxylic acids is 1. The number of carbonyl (C=O) groups is 1. The molecule has 6 heteroatoms. The lowest BCUT2D eigenvalue weighted by atomic mass is 10.1. The van der Waals surface area contributed by atoms with Crippen LogP contribution < -0.4 is 5.32 Å². The Bertz CT molecular complexity index is 723. The molecule has 100 valence electrons. The molecule has 5 nitrogen and oxygen atoms in total. The highest BCUT2D eigenvalue weighted by molar-refractivity contribution is 6.33. The predicted octanol–water partition coefficient (Wildman–Crippen LogP) is 3.36. The number of anilines is 2. The van der Waals surface area contributed by atoms with Gasteiger partial charge in [-0.15, -0.1) is 0 Å². The van der Waals surface area contributed by atoms with Crippen molar-refractivity contribution in [3.63, 3.8) is 0 Å². The summed E-state index contributed by atoms with van der Waals surface area (Å²) < 4.78 is 0. The molecule has 0 amide bonds. The van der Waals surface area contributed by atoms with Gasteiger partial charge in [0.2, 0.25) is 0 Å². The molecule has 0 saturated heterocycles. The first kappa shape index (κ1) is 13.8. The third kappa shape index (κ3) is 2.87. The first-order valence-corrected chi connectivity index (χ1v) is 6.06. The zero-order valence-electron chi connectivity index (χ0n) is 10.5. The van der Waals surface area contributed by atoms with Crippen LogP contribution in [-0.2, 0) is 0 Å². The fourth-order valence-corrected chi connectivity index (χ4v) is 1.81. The number of rotatable bonds is 3. The number of nitriles is 1. The Kier molecular flexibility index (Phi) is 3.87. The van der Waals surface area contributed by atoms with Crippen molar-refractivity contribution in [3.05, 3.63) is 52.2 Å². The quantitative estimate of drug-likeness (QED) is 0.904. The number of halogens is 1. The highest BCUT2D eigenvalue weighted by atomic mass is 35.5. The van der Waals surface area contributed by atoms with Gasteiger partial charge in [0.1, 0.15) is 5.82 Å². The van der Waals surface area contributed by atoms with Crippen molar-refractivity contribution >= 4 is 29.1 Å². The molecule has 0 aliphatic carbocycles. The number of aromatic nitrogens is 1. The fraction of sp³-hybridized carbons (Fsp3) is 0.0714. The van der Waals surface area contributed by atoms with Crippen LogP contribution in [0.3, 0.4) is 0 Å². The van der Waals surface area contributed by atoms with Crippen molar-refractivity contribution in [2.24, 2.45) is 0 Å². The summed E-state index contributed by atoms with van der Waals surface area (Å²) in [5.74, 6) is -0.842. The van der Waals surface area contributed by atoms with Crippen LogP contribution in [0.15, 0.2) is 30.3 Å². The van der Waals surface area contributed by atoms with Crippen LogP contribution in [0.1, 0.15) is 21.6 Å². The Morgan fingerprint density at radius 1 is 1.40 bits per heavy atom. The summed E-state index contributed by atoms with van der Waals surface area (Å²) in [5, 5.41) is 20.9. The molecule has 0 radical (unpaired) electrons. The monoisotopic (exact) mass is 287 g/mol. The summed E-state index contributed by atoms with van der Waals surface area (Å²) in [6.45, 7) is 1.87. The van der Waals surface area contributed by atoms with Crippen LogP contribution in [0.25, 0.3) is 0 Å². The van der Waals surface area contributed by atoms with Gasteiger partial charge in [-0.05, 0) is 36.8 Å². The zero-order chi connectivity index (χ0) is 14.7. The van der Waals surface area contributed by atoms with Gasteiger partial charge in [-0.1, -0.05) is 17.7 Å². The maximum absolute atomic E-state index is 11.0. The minimum atomic E-state index is -1.19. The SMILES string of the molecule is Cc1ccc(C#N)cc1Nc1ccc(Cl)c(C(=O)O)n1. The van der Waals surface area contributed by atoms with E-state index in [4.69, 9.17) is 22.0 Å². The molecule has 0 spiro atoms. The average Bonchev–Trinajstić information content (AvgIpc) is 2.43. The summed E-state index contributed by atoms with van der Waals surface area (Å²) >= 11 is 5.76. The van der Waals surface area contributed by atoms with Crippen molar-refractivity contribution < 1.29 is 9.90 Å². The molecule has 2 N–H and O–H groups in total. The smallest absolute Gasteiger partial charge is 0.356 e. The number of nitrogens with zero attached hydrogens (tertiary/aromatic N) is 2. The zero-order valence-corrected chi connectivity index (χ0v) is 11.3. The lowest BCUT2D eigenvalue weighted by Crippen LogP contribution is -2.04. The Labute approximate surface area is 120 Å². The van der Waals surface area contributed by atoms with Crippen molar-refractivity contribution in [1.82, 2.24) is 4.98 Å². The Balaban J connectivity index is 2.38. The van der Waals surface area contributed by atoms with E-state index >= 15 is 0 Å². The van der Waals surface area contributed by atoms with Gasteiger partial charge in [0.25, 0.3) is 0 Å². The van der Waals surface area contributed by atoms with E-state index in [0.717, 1.165) is 5.56 Å². The molecule has 0 atom stereocenters. The summed E-state index contributed by atoms with van der Waals surface area (Å²) in [7, 11) is 0. The topological polar surface area (TPSA) is 86.0 Å². The van der Waals surface area contributed by atoms with E-state index < -0.39 is 5.97 Å². The highest BCUT2D eigenvalue weighted by Crippen LogP contribution is 2.23. The maximum Gasteiger partial charge on any atom is 0.356 e. The van der Waals surface area contributed by atoms with Gasteiger partial charge >= 0.3 is 5.97 Å². The third-order valence-corrected chi connectivity index (χ3v) is 2.98. The van der Waals surface area contributed by atoms with Crippen molar-refractivity contribution in [2.45, 2.75) is 6.92 Å². The molecule has 2 aromatic rings. The van der Waals surface area contributed by atoms with E-state index in [1.807, 2.05) is 13.0 Å². The van der Waals surface area contributed by atoms with Gasteiger partial charge in [0, 0.05) is 5.69 Å². The molecule has 2 rings (SSSR count). The van der Waals surface area contributed by atoms with Crippen LogP contribution in [0, 0.1) is 18.3 Å². The van der Waals surface area contributed by atoms with E-state index in [9.17, 15) is 4.79 Å². The first-order chi connectivity index (χ1) is 9.51. The lowest BCUT2D eigenvalue weighted by molar-refractivity contribution is 0.0691. The summed E-state index contributed by atoms with van der Waals surface area (Å²) in [5.41, 5.74) is 1.89. The standard InChI is InChI=1S/C14H10ClN3O2/c1-8-2-3-9(7-16)6-11(8)17-12-5-4-10(15)13(18-12)14(19)20/h2-6H,1H3,(H,17,18)(H,19,20). The predicted molar refractivity (Wildman–Crippen MR) is 75.4 cm³/mol. The van der Waals surface area contributed by atoms with Gasteiger partial charge in [0.05, 0.1) is 16.7 Å². The van der Waals surface area contributed by atoms with Crippen molar-refractivity contribution in [3.8, 4) is 6.07 Å². The van der Waals surface area contributed by atoms with Crippen LogP contribution in [0.2, 0.25) is 5.02 Å². The second kappa shape index (κ2) is 5.59. The summed E-state index contributed by atoms with van der Waals surface area (Å²) in [6.07, 6.45) is 0. The van der Waals surface area contributed by atoms with Crippen LogP contribution >= 0.6 is 11.6 Å². The second-order valence-corrected chi connectivity index (χ2v) is 4.51. The van der Waals surface area contributed by atoms with Gasteiger partial charge in [0.15, 0.2) is 5.69 Å². The maximum atomic E-state index is 11.0. The minimum Gasteiger partial charge on any atom is -0.476 e. The normalized spacial score (nSPS) is 9.85. The Morgan fingerprint density at radius 2 is 2.15 bits per heavy atom. The van der Waals surface area contributed by atoms with Crippen molar-refractivity contribution in [1.29, 1.82) is 5.26 Å². The highest BCUT2D eigenvalue weighted by Gasteiger charge is 2.12. The van der Waals surface area contributed by atoms with E-state index in [0.29, 0.717) is 17.1 Å². The van der Waals surface area contributed by atoms with Crippen LogP contribution in [-0.4, -0.2) is 16.1 Å². The second-order valence-electron chi connectivity index (χ2n) is 4.10. The molecular weight excluding hydrogens is 278 g/mol. The number of hydrogen-bond donors (Lipinski definition) is 2. The largest absolute Gasteiger partial charge is 0.476 e. The number of hydrogen-bond acceptors (Lipinski definition) is 4. The van der Waals surface area contributed by atoms with Gasteiger partial charge in [-0.3, -0.25) is 0 Å². The molecule has 20 heavy (non-hydrogen) atoms. The first-order valence-electron chi connectivity index (χ1n) is 5.69. The molecule has 0 unspecified atom stereocenters. The molecule has 1 aromatic carbocycles. The molecule has 0 aliphatic heterocycles. The Hall–Kier alpha value is -2.58. The number of benzene rings is 1. The molecule has 0 bridgehead atoms. The van der Waals surface area contributed by atoms with Crippen molar-refractivity contribution in [2.75, 3.05) is 5.32 Å². The molecule has 1 heterocycles. The van der Waals surface area contributed by atoms with E-state index in [-0.39, 0.29) is 10.7 Å². The number of aryl methyl sites for hydroxylation is 1. The molecule has 1 aromatic heterocycles. The van der Waals surface area contributed by atoms with Crippen LogP contribution in [0.5, 0.6) is 0 Å². The van der Waals surface area contributed by atoms with Gasteiger partial charge in [-0.2, -0.15) is 5.26 Å². The van der Waals surface area contributed by atoms with E-state index in [1.54, 1.807) is 24.3 Å². The van der Waals surface area contributed by atoms with E-state index in [2.05, 4.69) is 10.3 Å². The fourth-order valence-electron chi connectivity index (χ4n) is 1.63. The average molecular weight is 288 g/mol. The number of pyridine rings is 1. The number of aromatic carboxylic acids is 1. The number of carboxylic acid groups (broad SMARTS) is 1. The molecular formula is C14H10ClN3O2. The number of nitrogens with one attached hydrogen (secondary N) is 1. The Morgan fingerprint density at radius 3 is 2.80 bits per heavy atom. The minimum absolute atomic E-state index is 0.0746.